The zero-order valence-corrected chi connectivity index (χ0v) is 10.4. The summed E-state index contributed by atoms with van der Waals surface area (Å²) >= 11 is 0. The lowest BCUT2D eigenvalue weighted by atomic mass is 9.99. The minimum atomic E-state index is -1.84. The zero-order chi connectivity index (χ0) is 14.9. The third kappa shape index (κ3) is 2.35. The Labute approximate surface area is 106 Å². The first kappa shape index (κ1) is 14.9. The van der Waals surface area contributed by atoms with Gasteiger partial charge in [0.2, 0.25) is 5.82 Å². The highest BCUT2D eigenvalue weighted by Gasteiger charge is 2.34. The van der Waals surface area contributed by atoms with E-state index >= 15 is 0 Å². The van der Waals surface area contributed by atoms with Crippen molar-refractivity contribution >= 4 is 11.5 Å². The van der Waals surface area contributed by atoms with E-state index in [-0.39, 0.29) is 5.57 Å². The van der Waals surface area contributed by atoms with Crippen LogP contribution in [0.2, 0.25) is 0 Å². The van der Waals surface area contributed by atoms with E-state index in [1.165, 1.54) is 19.9 Å². The Balaban J connectivity index is 3.81. The number of Topliss-reactive ketones (excluding diaryl/α,β-unsaturated/α-hetero) is 1. The molecule has 0 aliphatic carbocycles. The molecule has 1 rings (SSSR count). The number of nitrogens with zero attached hydrogens (tertiary/aromatic N) is 1. The minimum absolute atomic E-state index is 0.00703. The second-order valence-electron chi connectivity index (χ2n) is 3.85. The molecule has 4 nitrogen and oxygen atoms in total. The van der Waals surface area contributed by atoms with Gasteiger partial charge >= 0.3 is 5.69 Å². The van der Waals surface area contributed by atoms with E-state index in [0.29, 0.717) is 0 Å². The maximum atomic E-state index is 13.9. The Morgan fingerprint density at radius 1 is 1.21 bits per heavy atom. The number of nitro groups is 1. The van der Waals surface area contributed by atoms with Crippen LogP contribution in [-0.4, -0.2) is 10.7 Å². The number of nitro benzene ring substituents is 1. The van der Waals surface area contributed by atoms with Crippen LogP contribution in [0.25, 0.3) is 0 Å². The molecule has 0 spiro atoms. The summed E-state index contributed by atoms with van der Waals surface area (Å²) in [4.78, 5) is 21.3. The first-order valence-corrected chi connectivity index (χ1v) is 5.23. The van der Waals surface area contributed by atoms with Crippen molar-refractivity contribution in [2.75, 3.05) is 0 Å². The molecule has 19 heavy (non-hydrogen) atoms. The van der Waals surface area contributed by atoms with E-state index in [1.807, 2.05) is 0 Å². The minimum Gasteiger partial charge on any atom is -0.289 e. The standard InChI is InChI=1S/C12H10F3NO3/c1-4-5(2)12(17)7-8(13)6(3)9(14)10(15)11(7)16(18)19/h4H,1-3H3. The summed E-state index contributed by atoms with van der Waals surface area (Å²) in [5, 5.41) is 10.7. The Morgan fingerprint density at radius 3 is 2.16 bits per heavy atom. The Morgan fingerprint density at radius 2 is 1.74 bits per heavy atom. The van der Waals surface area contributed by atoms with Gasteiger partial charge in [0, 0.05) is 5.56 Å². The zero-order valence-electron chi connectivity index (χ0n) is 10.4. The van der Waals surface area contributed by atoms with Crippen molar-refractivity contribution in [2.45, 2.75) is 20.8 Å². The van der Waals surface area contributed by atoms with Crippen molar-refractivity contribution < 1.29 is 22.9 Å². The number of allylic oxidation sites excluding steroid dienone is 2. The first-order chi connectivity index (χ1) is 8.73. The number of hydrogen-bond donors (Lipinski definition) is 0. The number of halogens is 3. The fourth-order valence-electron chi connectivity index (χ4n) is 1.47. The molecule has 0 saturated heterocycles. The summed E-state index contributed by atoms with van der Waals surface area (Å²) in [7, 11) is 0. The lowest BCUT2D eigenvalue weighted by Crippen LogP contribution is -2.13. The number of carbonyl (C=O) groups is 1. The summed E-state index contributed by atoms with van der Waals surface area (Å²) in [6, 6.07) is 0. The van der Waals surface area contributed by atoms with Crippen molar-refractivity contribution in [3.63, 3.8) is 0 Å². The summed E-state index contributed by atoms with van der Waals surface area (Å²) in [6.45, 7) is 3.66. The molecule has 0 aliphatic heterocycles. The number of ketones is 1. The van der Waals surface area contributed by atoms with Crippen LogP contribution in [-0.2, 0) is 0 Å². The van der Waals surface area contributed by atoms with Crippen molar-refractivity contribution in [1.29, 1.82) is 0 Å². The molecule has 0 aromatic heterocycles. The maximum Gasteiger partial charge on any atom is 0.321 e. The van der Waals surface area contributed by atoms with Gasteiger partial charge in [-0.25, -0.2) is 8.78 Å². The van der Waals surface area contributed by atoms with Crippen LogP contribution in [0.4, 0.5) is 18.9 Å². The van der Waals surface area contributed by atoms with Gasteiger partial charge in [-0.3, -0.25) is 14.9 Å². The van der Waals surface area contributed by atoms with Crippen molar-refractivity contribution in [2.24, 2.45) is 0 Å². The molecule has 7 heteroatoms. The maximum absolute atomic E-state index is 13.9. The normalized spacial score (nSPS) is 11.6. The topological polar surface area (TPSA) is 60.2 Å². The molecule has 0 bridgehead atoms. The van der Waals surface area contributed by atoms with Crippen LogP contribution in [0.3, 0.4) is 0 Å². The SMILES string of the molecule is CC=C(C)C(=O)c1c(F)c(C)c(F)c(F)c1[N+](=O)[O-]. The largest absolute Gasteiger partial charge is 0.321 e. The monoisotopic (exact) mass is 273 g/mol. The van der Waals surface area contributed by atoms with Gasteiger partial charge in [0.25, 0.3) is 0 Å². The Hall–Kier alpha value is -2.18. The third-order valence-electron chi connectivity index (χ3n) is 2.72. The molecular weight excluding hydrogens is 263 g/mol. The van der Waals surface area contributed by atoms with E-state index in [2.05, 4.69) is 0 Å². The van der Waals surface area contributed by atoms with E-state index in [4.69, 9.17) is 0 Å². The molecule has 0 aliphatic rings. The van der Waals surface area contributed by atoms with Gasteiger partial charge in [-0.1, -0.05) is 6.08 Å². The van der Waals surface area contributed by atoms with Gasteiger partial charge in [0.05, 0.1) is 4.92 Å². The van der Waals surface area contributed by atoms with Crippen molar-refractivity contribution in [1.82, 2.24) is 0 Å². The highest BCUT2D eigenvalue weighted by Crippen LogP contribution is 2.32. The third-order valence-corrected chi connectivity index (χ3v) is 2.72. The lowest BCUT2D eigenvalue weighted by molar-refractivity contribution is -0.388. The predicted octanol–water partition coefficient (Wildman–Crippen LogP) is 3.47. The lowest BCUT2D eigenvalue weighted by Gasteiger charge is -2.08. The highest BCUT2D eigenvalue weighted by molar-refractivity contribution is 6.11. The van der Waals surface area contributed by atoms with Crippen LogP contribution < -0.4 is 0 Å². The van der Waals surface area contributed by atoms with E-state index in [1.54, 1.807) is 0 Å². The fraction of sp³-hybridized carbons (Fsp3) is 0.250. The quantitative estimate of drug-likeness (QED) is 0.278. The summed E-state index contributed by atoms with van der Waals surface area (Å²) < 4.78 is 40.7. The van der Waals surface area contributed by atoms with E-state index < -0.39 is 45.0 Å². The molecule has 1 aromatic carbocycles. The van der Waals surface area contributed by atoms with Crippen LogP contribution in [0.1, 0.15) is 29.8 Å². The number of hydrogen-bond acceptors (Lipinski definition) is 3. The van der Waals surface area contributed by atoms with Gasteiger partial charge in [0.1, 0.15) is 11.4 Å². The molecule has 1 aromatic rings. The molecule has 0 saturated carbocycles. The number of benzene rings is 1. The van der Waals surface area contributed by atoms with Gasteiger partial charge in [-0.15, -0.1) is 0 Å². The van der Waals surface area contributed by atoms with Gasteiger partial charge in [-0.05, 0) is 26.3 Å². The van der Waals surface area contributed by atoms with Crippen LogP contribution >= 0.6 is 0 Å². The van der Waals surface area contributed by atoms with Crippen molar-refractivity contribution in [3.8, 4) is 0 Å². The van der Waals surface area contributed by atoms with Crippen molar-refractivity contribution in [3.05, 3.63) is 50.3 Å². The Kier molecular flexibility index (Phi) is 4.08. The van der Waals surface area contributed by atoms with Gasteiger partial charge < -0.3 is 0 Å². The second kappa shape index (κ2) is 5.21. The first-order valence-electron chi connectivity index (χ1n) is 5.23. The van der Waals surface area contributed by atoms with Gasteiger partial charge in [0.15, 0.2) is 11.6 Å². The fourth-order valence-corrected chi connectivity index (χ4v) is 1.47. The molecule has 0 heterocycles. The summed E-state index contributed by atoms with van der Waals surface area (Å²) in [6.07, 6.45) is 1.29. The number of rotatable bonds is 3. The number of carbonyl (C=O) groups excluding carboxylic acids is 1. The molecule has 0 atom stereocenters. The molecule has 0 fully saturated rings. The van der Waals surface area contributed by atoms with E-state index in [0.717, 1.165) is 6.92 Å². The van der Waals surface area contributed by atoms with Crippen LogP contribution in [0, 0.1) is 34.5 Å². The second-order valence-corrected chi connectivity index (χ2v) is 3.85. The smallest absolute Gasteiger partial charge is 0.289 e. The molecule has 0 N–H and O–H groups in total. The molecule has 0 amide bonds. The predicted molar refractivity (Wildman–Crippen MR) is 61.5 cm³/mol. The van der Waals surface area contributed by atoms with Crippen LogP contribution in [0.15, 0.2) is 11.6 Å². The van der Waals surface area contributed by atoms with Crippen LogP contribution in [0.5, 0.6) is 0 Å². The molecular formula is C12H10F3NO3. The average Bonchev–Trinajstić information content (AvgIpc) is 2.37. The molecule has 102 valence electrons. The summed E-state index contributed by atoms with van der Waals surface area (Å²) in [5.74, 6) is -5.97. The Bertz CT molecular complexity index is 609. The molecule has 0 unspecified atom stereocenters. The summed E-state index contributed by atoms with van der Waals surface area (Å²) in [5.41, 5.74) is -3.31. The van der Waals surface area contributed by atoms with Gasteiger partial charge in [-0.2, -0.15) is 4.39 Å². The highest BCUT2D eigenvalue weighted by atomic mass is 19.2. The van der Waals surface area contributed by atoms with E-state index in [9.17, 15) is 28.1 Å². The average molecular weight is 273 g/mol. The molecule has 0 radical (unpaired) electrons.